The SMILES string of the molecule is Cc1ccc(F)cc1CC(CN)Cc1cccc(Cl)c1. The highest BCUT2D eigenvalue weighted by atomic mass is 35.5. The zero-order valence-electron chi connectivity index (χ0n) is 11.6. The van der Waals surface area contributed by atoms with Gasteiger partial charge in [-0.3, -0.25) is 0 Å². The maximum Gasteiger partial charge on any atom is 0.123 e. The molecule has 0 saturated heterocycles. The normalized spacial score (nSPS) is 12.4. The molecule has 0 heterocycles. The fraction of sp³-hybridized carbons (Fsp3) is 0.294. The summed E-state index contributed by atoms with van der Waals surface area (Å²) >= 11 is 6.00. The minimum absolute atomic E-state index is 0.191. The summed E-state index contributed by atoms with van der Waals surface area (Å²) in [5.74, 6) is 0.0955. The van der Waals surface area contributed by atoms with Crippen LogP contribution in [0.15, 0.2) is 42.5 Å². The lowest BCUT2D eigenvalue weighted by molar-refractivity contribution is 0.529. The van der Waals surface area contributed by atoms with Crippen LogP contribution in [0.2, 0.25) is 5.02 Å². The van der Waals surface area contributed by atoms with Crippen LogP contribution in [-0.2, 0) is 12.8 Å². The monoisotopic (exact) mass is 291 g/mol. The maximum absolute atomic E-state index is 13.3. The third kappa shape index (κ3) is 4.06. The Labute approximate surface area is 124 Å². The van der Waals surface area contributed by atoms with Crippen LogP contribution in [0.1, 0.15) is 16.7 Å². The molecule has 0 aromatic heterocycles. The zero-order chi connectivity index (χ0) is 14.5. The maximum atomic E-state index is 13.3. The lowest BCUT2D eigenvalue weighted by Crippen LogP contribution is -2.20. The Morgan fingerprint density at radius 3 is 2.65 bits per heavy atom. The zero-order valence-corrected chi connectivity index (χ0v) is 12.3. The van der Waals surface area contributed by atoms with Gasteiger partial charge in [-0.25, -0.2) is 4.39 Å². The molecule has 106 valence electrons. The van der Waals surface area contributed by atoms with E-state index in [0.29, 0.717) is 6.54 Å². The molecule has 2 aromatic rings. The lowest BCUT2D eigenvalue weighted by Gasteiger charge is -2.16. The first kappa shape index (κ1) is 15.0. The van der Waals surface area contributed by atoms with Crippen LogP contribution in [0, 0.1) is 18.7 Å². The van der Waals surface area contributed by atoms with Crippen molar-refractivity contribution in [2.75, 3.05) is 6.54 Å². The lowest BCUT2D eigenvalue weighted by atomic mass is 9.91. The molecule has 1 unspecified atom stereocenters. The van der Waals surface area contributed by atoms with E-state index in [-0.39, 0.29) is 11.7 Å². The van der Waals surface area contributed by atoms with Crippen molar-refractivity contribution in [1.82, 2.24) is 0 Å². The second-order valence-corrected chi connectivity index (χ2v) is 5.65. The average molecular weight is 292 g/mol. The molecule has 0 amide bonds. The van der Waals surface area contributed by atoms with Gasteiger partial charge >= 0.3 is 0 Å². The molecular formula is C17H19ClFN. The van der Waals surface area contributed by atoms with Gasteiger partial charge in [0.15, 0.2) is 0 Å². The molecule has 0 saturated carbocycles. The van der Waals surface area contributed by atoms with Crippen molar-refractivity contribution >= 4 is 11.6 Å². The van der Waals surface area contributed by atoms with E-state index in [1.165, 1.54) is 11.6 Å². The van der Waals surface area contributed by atoms with Crippen LogP contribution in [0.25, 0.3) is 0 Å². The van der Waals surface area contributed by atoms with Crippen LogP contribution in [0.3, 0.4) is 0 Å². The highest BCUT2D eigenvalue weighted by Gasteiger charge is 2.11. The minimum atomic E-state index is -0.191. The third-order valence-electron chi connectivity index (χ3n) is 3.57. The van der Waals surface area contributed by atoms with Gasteiger partial charge in [0.2, 0.25) is 0 Å². The molecule has 20 heavy (non-hydrogen) atoms. The molecule has 3 heteroatoms. The molecule has 0 spiro atoms. The van der Waals surface area contributed by atoms with Crippen molar-refractivity contribution in [2.24, 2.45) is 11.7 Å². The average Bonchev–Trinajstić information content (AvgIpc) is 2.42. The Balaban J connectivity index is 2.11. The van der Waals surface area contributed by atoms with Gasteiger partial charge < -0.3 is 5.73 Å². The number of hydrogen-bond acceptors (Lipinski definition) is 1. The third-order valence-corrected chi connectivity index (χ3v) is 3.80. The molecular weight excluding hydrogens is 273 g/mol. The molecule has 0 aliphatic carbocycles. The molecule has 1 atom stereocenters. The highest BCUT2D eigenvalue weighted by molar-refractivity contribution is 6.30. The number of nitrogens with two attached hydrogens (primary N) is 1. The van der Waals surface area contributed by atoms with E-state index in [4.69, 9.17) is 17.3 Å². The van der Waals surface area contributed by atoms with Gasteiger partial charge in [-0.2, -0.15) is 0 Å². The van der Waals surface area contributed by atoms with Crippen molar-refractivity contribution in [2.45, 2.75) is 19.8 Å². The predicted molar refractivity (Wildman–Crippen MR) is 82.5 cm³/mol. The molecule has 0 bridgehead atoms. The first-order chi connectivity index (χ1) is 9.58. The van der Waals surface area contributed by atoms with Crippen molar-refractivity contribution in [3.05, 3.63) is 70.0 Å². The quantitative estimate of drug-likeness (QED) is 0.880. The van der Waals surface area contributed by atoms with E-state index in [1.807, 2.05) is 37.3 Å². The van der Waals surface area contributed by atoms with Gasteiger partial charge in [-0.15, -0.1) is 0 Å². The Hall–Kier alpha value is -1.38. The number of hydrogen-bond donors (Lipinski definition) is 1. The number of aryl methyl sites for hydroxylation is 1. The van der Waals surface area contributed by atoms with Crippen molar-refractivity contribution in [3.8, 4) is 0 Å². The second-order valence-electron chi connectivity index (χ2n) is 5.21. The summed E-state index contributed by atoms with van der Waals surface area (Å²) in [6, 6.07) is 12.7. The number of halogens is 2. The smallest absolute Gasteiger partial charge is 0.123 e. The van der Waals surface area contributed by atoms with E-state index in [2.05, 4.69) is 0 Å². The number of benzene rings is 2. The van der Waals surface area contributed by atoms with Crippen molar-refractivity contribution in [3.63, 3.8) is 0 Å². The van der Waals surface area contributed by atoms with Gasteiger partial charge in [-0.05, 0) is 73.2 Å². The fourth-order valence-corrected chi connectivity index (χ4v) is 2.62. The number of rotatable bonds is 5. The summed E-state index contributed by atoms with van der Waals surface area (Å²) in [5.41, 5.74) is 9.17. The van der Waals surface area contributed by atoms with E-state index >= 15 is 0 Å². The Bertz CT molecular complexity index is 583. The molecule has 2 N–H and O–H groups in total. The van der Waals surface area contributed by atoms with E-state index < -0.39 is 0 Å². The minimum Gasteiger partial charge on any atom is -0.330 e. The molecule has 0 radical (unpaired) electrons. The van der Waals surface area contributed by atoms with Gasteiger partial charge in [0.25, 0.3) is 0 Å². The van der Waals surface area contributed by atoms with Crippen LogP contribution in [0.5, 0.6) is 0 Å². The summed E-state index contributed by atoms with van der Waals surface area (Å²) in [6.45, 7) is 2.57. The molecule has 2 aromatic carbocycles. The molecule has 0 aliphatic heterocycles. The summed E-state index contributed by atoms with van der Waals surface area (Å²) < 4.78 is 13.3. The summed E-state index contributed by atoms with van der Waals surface area (Å²) in [4.78, 5) is 0. The first-order valence-electron chi connectivity index (χ1n) is 6.78. The van der Waals surface area contributed by atoms with Crippen molar-refractivity contribution < 1.29 is 4.39 Å². The van der Waals surface area contributed by atoms with Gasteiger partial charge in [0.1, 0.15) is 5.82 Å². The van der Waals surface area contributed by atoms with E-state index in [1.54, 1.807) is 6.07 Å². The highest BCUT2D eigenvalue weighted by Crippen LogP contribution is 2.19. The van der Waals surface area contributed by atoms with Crippen LogP contribution < -0.4 is 5.73 Å². The standard InChI is InChI=1S/C17H19ClFN/c1-12-5-6-17(19)10-15(12)8-14(11-20)7-13-3-2-4-16(18)9-13/h2-6,9-10,14H,7-8,11,20H2,1H3. The second kappa shape index (κ2) is 6.87. The topological polar surface area (TPSA) is 26.0 Å². The van der Waals surface area contributed by atoms with Gasteiger partial charge in [-0.1, -0.05) is 29.8 Å². The van der Waals surface area contributed by atoms with E-state index in [9.17, 15) is 4.39 Å². The van der Waals surface area contributed by atoms with Crippen LogP contribution in [0.4, 0.5) is 4.39 Å². The summed E-state index contributed by atoms with van der Waals surface area (Å²) in [6.07, 6.45) is 1.64. The summed E-state index contributed by atoms with van der Waals surface area (Å²) in [7, 11) is 0. The Kier molecular flexibility index (Phi) is 5.16. The fourth-order valence-electron chi connectivity index (χ4n) is 2.41. The Morgan fingerprint density at radius 2 is 1.95 bits per heavy atom. The summed E-state index contributed by atoms with van der Waals surface area (Å²) in [5, 5.41) is 0.736. The molecule has 0 aliphatic rings. The van der Waals surface area contributed by atoms with Crippen LogP contribution >= 0.6 is 11.6 Å². The van der Waals surface area contributed by atoms with Crippen molar-refractivity contribution in [1.29, 1.82) is 0 Å². The Morgan fingerprint density at radius 1 is 1.15 bits per heavy atom. The van der Waals surface area contributed by atoms with Gasteiger partial charge in [0.05, 0.1) is 0 Å². The molecule has 1 nitrogen and oxygen atoms in total. The van der Waals surface area contributed by atoms with E-state index in [0.717, 1.165) is 29.0 Å². The molecule has 2 rings (SSSR count). The molecule has 0 fully saturated rings. The van der Waals surface area contributed by atoms with Gasteiger partial charge in [0, 0.05) is 5.02 Å². The predicted octanol–water partition coefficient (Wildman–Crippen LogP) is 4.15. The first-order valence-corrected chi connectivity index (χ1v) is 7.16. The largest absolute Gasteiger partial charge is 0.330 e. The van der Waals surface area contributed by atoms with Crippen LogP contribution in [-0.4, -0.2) is 6.54 Å².